The molecule has 27 heavy (non-hydrogen) atoms. The van der Waals surface area contributed by atoms with Crippen LogP contribution in [0.15, 0.2) is 70.6 Å². The lowest BCUT2D eigenvalue weighted by Crippen LogP contribution is -2.38. The largest absolute Gasteiger partial charge is 0.283 e. The second-order valence-corrected chi connectivity index (χ2v) is 7.59. The topological polar surface area (TPSA) is 56.5 Å². The third-order valence-corrected chi connectivity index (χ3v) is 5.42. The molecule has 4 nitrogen and oxygen atoms in total. The van der Waals surface area contributed by atoms with Gasteiger partial charge in [0, 0.05) is 5.41 Å². The van der Waals surface area contributed by atoms with Crippen molar-refractivity contribution in [2.24, 2.45) is 4.99 Å². The minimum atomic E-state index is -0.366. The van der Waals surface area contributed by atoms with E-state index in [-0.39, 0.29) is 11.7 Å². The van der Waals surface area contributed by atoms with Gasteiger partial charge in [-0.25, -0.2) is 0 Å². The normalized spacial score (nSPS) is 18.0. The first-order valence-corrected chi connectivity index (χ1v) is 9.68. The zero-order valence-corrected chi connectivity index (χ0v) is 16.0. The maximum atomic E-state index is 12.5. The van der Waals surface area contributed by atoms with E-state index in [2.05, 4.69) is 31.0 Å². The molecule has 134 valence electrons. The maximum absolute atomic E-state index is 12.5. The van der Waals surface area contributed by atoms with Crippen molar-refractivity contribution in [3.05, 3.63) is 82.3 Å². The molecule has 0 saturated heterocycles. The Labute approximate surface area is 162 Å². The number of carbonyl (C=O) groups is 1. The van der Waals surface area contributed by atoms with Crippen molar-refractivity contribution in [2.75, 3.05) is 0 Å². The number of hydrogen-bond acceptors (Lipinski definition) is 3. The van der Waals surface area contributed by atoms with Crippen LogP contribution in [0.2, 0.25) is 0 Å². The van der Waals surface area contributed by atoms with Gasteiger partial charge in [0.1, 0.15) is 5.84 Å². The van der Waals surface area contributed by atoms with Gasteiger partial charge in [-0.15, -0.1) is 0 Å². The molecule has 2 aromatic rings. The van der Waals surface area contributed by atoms with E-state index in [1.54, 1.807) is 11.0 Å². The van der Waals surface area contributed by atoms with Crippen molar-refractivity contribution < 1.29 is 4.79 Å². The minimum Gasteiger partial charge on any atom is -0.283 e. The molecule has 0 saturated carbocycles. The van der Waals surface area contributed by atoms with Crippen LogP contribution in [0, 0.1) is 5.41 Å². The molecule has 1 N–H and O–H groups in total. The highest BCUT2D eigenvalue weighted by Crippen LogP contribution is 2.37. The Balaban J connectivity index is 1.69. The van der Waals surface area contributed by atoms with Crippen LogP contribution in [0.5, 0.6) is 0 Å². The van der Waals surface area contributed by atoms with Gasteiger partial charge in [-0.05, 0) is 28.7 Å². The number of hydrogen-bond donors (Lipinski definition) is 1. The molecule has 5 heteroatoms. The Morgan fingerprint density at radius 2 is 1.78 bits per heavy atom. The number of thioether (sulfide) groups is 1. The van der Waals surface area contributed by atoms with E-state index < -0.39 is 0 Å². The van der Waals surface area contributed by atoms with E-state index in [4.69, 9.17) is 5.41 Å². The molecule has 2 aliphatic heterocycles. The highest BCUT2D eigenvalue weighted by molar-refractivity contribution is 8.17. The number of benzene rings is 2. The van der Waals surface area contributed by atoms with E-state index in [0.29, 0.717) is 16.7 Å². The summed E-state index contributed by atoms with van der Waals surface area (Å²) in [7, 11) is 0. The minimum absolute atomic E-state index is 0.165. The van der Waals surface area contributed by atoms with Gasteiger partial charge < -0.3 is 0 Å². The third-order valence-electron chi connectivity index (χ3n) is 4.60. The fourth-order valence-corrected chi connectivity index (χ4v) is 3.95. The molecule has 0 fully saturated rings. The molecule has 0 aliphatic carbocycles. The summed E-state index contributed by atoms with van der Waals surface area (Å²) >= 11 is 1.38. The van der Waals surface area contributed by atoms with E-state index >= 15 is 0 Å². The van der Waals surface area contributed by atoms with Crippen molar-refractivity contribution in [3.63, 3.8) is 0 Å². The van der Waals surface area contributed by atoms with Crippen molar-refractivity contribution in [1.29, 1.82) is 5.41 Å². The monoisotopic (exact) mass is 373 g/mol. The Morgan fingerprint density at radius 1 is 1.07 bits per heavy atom. The van der Waals surface area contributed by atoms with Crippen LogP contribution < -0.4 is 0 Å². The molecule has 0 unspecified atom stereocenters. The quantitative estimate of drug-likeness (QED) is 0.760. The smallest absolute Gasteiger partial charge is 0.283 e. The Hall–Kier alpha value is -2.92. The fourth-order valence-electron chi connectivity index (χ4n) is 3.06. The lowest BCUT2D eigenvalue weighted by atomic mass is 10.0. The van der Waals surface area contributed by atoms with Crippen LogP contribution in [-0.2, 0) is 4.79 Å². The first-order valence-electron chi connectivity index (χ1n) is 8.80. The fraction of sp³-hybridized carbons (Fsp3) is 0.136. The lowest BCUT2D eigenvalue weighted by molar-refractivity contribution is -0.114. The molecular weight excluding hydrogens is 354 g/mol. The summed E-state index contributed by atoms with van der Waals surface area (Å²) in [5.74, 6) is 0.251. The second-order valence-electron chi connectivity index (χ2n) is 6.75. The van der Waals surface area contributed by atoms with Crippen molar-refractivity contribution in [2.45, 2.75) is 19.8 Å². The SMILES string of the molecule is CC(C)c1ccc(/C=C2\C(=N)N3C(c4ccccc4)=CSC3=NC2=O)cc1. The molecule has 2 heterocycles. The van der Waals surface area contributed by atoms with Gasteiger partial charge in [0.25, 0.3) is 5.91 Å². The van der Waals surface area contributed by atoms with Crippen molar-refractivity contribution in [3.8, 4) is 0 Å². The highest BCUT2D eigenvalue weighted by Gasteiger charge is 2.36. The van der Waals surface area contributed by atoms with Gasteiger partial charge in [-0.1, -0.05) is 80.2 Å². The number of amidine groups is 2. The Morgan fingerprint density at radius 3 is 2.44 bits per heavy atom. The number of carbonyl (C=O) groups excluding carboxylic acids is 1. The first kappa shape index (κ1) is 17.5. The molecule has 4 rings (SSSR count). The zero-order chi connectivity index (χ0) is 19.0. The van der Waals surface area contributed by atoms with Gasteiger partial charge in [-0.3, -0.25) is 15.1 Å². The van der Waals surface area contributed by atoms with Gasteiger partial charge in [0.2, 0.25) is 0 Å². The number of nitrogens with one attached hydrogen (secondary N) is 1. The van der Waals surface area contributed by atoms with Crippen molar-refractivity contribution >= 4 is 40.4 Å². The average Bonchev–Trinajstić information content (AvgIpc) is 3.10. The predicted octanol–water partition coefficient (Wildman–Crippen LogP) is 5.11. The molecule has 2 aromatic carbocycles. The summed E-state index contributed by atoms with van der Waals surface area (Å²) in [5.41, 5.74) is 4.31. The van der Waals surface area contributed by atoms with Crippen LogP contribution in [0.25, 0.3) is 11.8 Å². The molecule has 2 aliphatic rings. The molecule has 0 radical (unpaired) electrons. The van der Waals surface area contributed by atoms with Crippen LogP contribution in [0.1, 0.15) is 36.5 Å². The Bertz CT molecular complexity index is 1000. The standard InChI is InChI=1S/C22H19N3OS/c1-14(2)16-10-8-15(9-11-16)12-18-20(23)25-19(17-6-4-3-5-7-17)13-27-22(25)24-21(18)26/h3-14,23H,1-2H3/b18-12+,23-20?. The number of amides is 1. The van der Waals surface area contributed by atoms with E-state index in [9.17, 15) is 4.79 Å². The summed E-state index contributed by atoms with van der Waals surface area (Å²) in [6.07, 6.45) is 1.75. The first-order chi connectivity index (χ1) is 13.0. The molecule has 0 atom stereocenters. The number of fused-ring (bicyclic) bond motifs is 1. The van der Waals surface area contributed by atoms with E-state index in [1.165, 1.54) is 17.3 Å². The highest BCUT2D eigenvalue weighted by atomic mass is 32.2. The zero-order valence-electron chi connectivity index (χ0n) is 15.1. The summed E-state index contributed by atoms with van der Waals surface area (Å²) in [6, 6.07) is 17.9. The number of rotatable bonds is 3. The molecule has 0 aromatic heterocycles. The summed E-state index contributed by atoms with van der Waals surface area (Å²) < 4.78 is 0. The predicted molar refractivity (Wildman–Crippen MR) is 113 cm³/mol. The van der Waals surface area contributed by atoms with Crippen molar-refractivity contribution in [1.82, 2.24) is 4.90 Å². The van der Waals surface area contributed by atoms with Crippen LogP contribution >= 0.6 is 11.8 Å². The van der Waals surface area contributed by atoms with Gasteiger partial charge >= 0.3 is 0 Å². The lowest BCUT2D eigenvalue weighted by Gasteiger charge is -2.26. The summed E-state index contributed by atoms with van der Waals surface area (Å²) in [4.78, 5) is 18.5. The summed E-state index contributed by atoms with van der Waals surface area (Å²) in [5, 5.41) is 11.1. The van der Waals surface area contributed by atoms with Gasteiger partial charge in [-0.2, -0.15) is 4.99 Å². The molecule has 0 spiro atoms. The maximum Gasteiger partial charge on any atom is 0.283 e. The van der Waals surface area contributed by atoms with Gasteiger partial charge in [0.05, 0.1) is 11.3 Å². The molecular formula is C22H19N3OS. The van der Waals surface area contributed by atoms with E-state index in [1.807, 2.05) is 47.9 Å². The van der Waals surface area contributed by atoms with Crippen LogP contribution in [0.4, 0.5) is 0 Å². The second kappa shape index (κ2) is 7.00. The third kappa shape index (κ3) is 3.26. The van der Waals surface area contributed by atoms with Gasteiger partial charge in [0.15, 0.2) is 5.17 Å². The van der Waals surface area contributed by atoms with Crippen LogP contribution in [0.3, 0.4) is 0 Å². The molecule has 1 amide bonds. The number of nitrogens with zero attached hydrogens (tertiary/aromatic N) is 2. The molecule has 0 bridgehead atoms. The van der Waals surface area contributed by atoms with Crippen LogP contribution in [-0.4, -0.2) is 21.8 Å². The Kier molecular flexibility index (Phi) is 4.54. The van der Waals surface area contributed by atoms with E-state index in [0.717, 1.165) is 16.8 Å². The number of aliphatic imine (C=N–C) groups is 1. The average molecular weight is 373 g/mol. The summed E-state index contributed by atoms with van der Waals surface area (Å²) in [6.45, 7) is 4.29.